The van der Waals surface area contributed by atoms with E-state index in [-0.39, 0.29) is 5.41 Å². The van der Waals surface area contributed by atoms with Crippen LogP contribution in [0.3, 0.4) is 0 Å². The molecule has 0 spiro atoms. The maximum atomic E-state index is 3.17. The van der Waals surface area contributed by atoms with Gasteiger partial charge < -0.3 is 0 Å². The SMILES string of the molecule is CC(C)(C)/C=C\C(C)(C)C.CC(C)/C=C/C(C)(C)C.CC(C)C#CC(C)(C)C. The highest BCUT2D eigenvalue weighted by Gasteiger charge is 2.08. The Bertz CT molecular complexity index is 470. The highest BCUT2D eigenvalue weighted by molar-refractivity contribution is 5.08. The van der Waals surface area contributed by atoms with Gasteiger partial charge in [0.2, 0.25) is 0 Å². The molecule has 0 atom stereocenters. The van der Waals surface area contributed by atoms with Gasteiger partial charge in [-0.1, -0.05) is 126 Å². The third-order valence-corrected chi connectivity index (χ3v) is 2.80. The molecule has 0 unspecified atom stereocenters. The largest absolute Gasteiger partial charge is 0.0999 e. The molecule has 0 saturated heterocycles. The van der Waals surface area contributed by atoms with Gasteiger partial charge in [-0.05, 0) is 42.9 Å². The molecule has 0 amide bonds. The zero-order valence-electron chi connectivity index (χ0n) is 22.5. The molecule has 0 nitrogen and oxygen atoms in total. The predicted octanol–water partition coefficient (Wildman–Crippen LogP) is 9.57. The molecule has 0 fully saturated rings. The van der Waals surface area contributed by atoms with Gasteiger partial charge in [0.15, 0.2) is 0 Å². The van der Waals surface area contributed by atoms with Gasteiger partial charge in [-0.2, -0.15) is 0 Å². The van der Waals surface area contributed by atoms with Crippen molar-refractivity contribution in [1.82, 2.24) is 0 Å². The summed E-state index contributed by atoms with van der Waals surface area (Å²) in [6.07, 6.45) is 9.05. The lowest BCUT2D eigenvalue weighted by atomic mass is 9.89. The molecule has 0 aliphatic carbocycles. The van der Waals surface area contributed by atoms with E-state index in [0.717, 1.165) is 0 Å². The molecule has 0 heterocycles. The van der Waals surface area contributed by atoms with E-state index in [2.05, 4.69) is 147 Å². The van der Waals surface area contributed by atoms with Crippen molar-refractivity contribution in [3.8, 4) is 11.8 Å². The molecule has 0 saturated carbocycles. The number of rotatable bonds is 1. The molecule has 166 valence electrons. The van der Waals surface area contributed by atoms with Crippen LogP contribution in [0.5, 0.6) is 0 Å². The van der Waals surface area contributed by atoms with Crippen LogP contribution in [0.2, 0.25) is 0 Å². The molecule has 0 radical (unpaired) electrons. The molecular weight excluding hydrogens is 336 g/mol. The van der Waals surface area contributed by atoms with Gasteiger partial charge in [0.05, 0.1) is 0 Å². The maximum Gasteiger partial charge on any atom is 0.0230 e. The fourth-order valence-corrected chi connectivity index (χ4v) is 1.34. The third-order valence-electron chi connectivity index (χ3n) is 2.80. The molecule has 0 aromatic carbocycles. The van der Waals surface area contributed by atoms with Crippen molar-refractivity contribution in [2.45, 2.75) is 111 Å². The van der Waals surface area contributed by atoms with Gasteiger partial charge in [-0.3, -0.25) is 0 Å². The molecule has 0 aromatic rings. The molecule has 0 rings (SSSR count). The predicted molar refractivity (Wildman–Crippen MR) is 134 cm³/mol. The number of allylic oxidation sites excluding steroid dienone is 4. The van der Waals surface area contributed by atoms with E-state index in [9.17, 15) is 0 Å². The molecule has 0 N–H and O–H groups in total. The summed E-state index contributed by atoms with van der Waals surface area (Å²) in [5.41, 5.74) is 1.18. The molecular formula is C28H54. The van der Waals surface area contributed by atoms with Gasteiger partial charge in [-0.25, -0.2) is 0 Å². The summed E-state index contributed by atoms with van der Waals surface area (Å²) < 4.78 is 0. The van der Waals surface area contributed by atoms with Gasteiger partial charge in [0.1, 0.15) is 0 Å². The quantitative estimate of drug-likeness (QED) is 0.309. The first-order valence-corrected chi connectivity index (χ1v) is 11.0. The second-order valence-corrected chi connectivity index (χ2v) is 12.7. The van der Waals surface area contributed by atoms with Crippen LogP contribution in [0.25, 0.3) is 0 Å². The highest BCUT2D eigenvalue weighted by Crippen LogP contribution is 2.21. The highest BCUT2D eigenvalue weighted by atomic mass is 14.1. The van der Waals surface area contributed by atoms with Crippen molar-refractivity contribution < 1.29 is 0 Å². The fraction of sp³-hybridized carbons (Fsp3) is 0.786. The summed E-state index contributed by atoms with van der Waals surface area (Å²) in [6, 6.07) is 0. The summed E-state index contributed by atoms with van der Waals surface area (Å²) in [6.45, 7) is 34.9. The minimum absolute atomic E-state index is 0.171. The monoisotopic (exact) mass is 390 g/mol. The third kappa shape index (κ3) is 44.5. The molecule has 0 aliphatic rings. The normalized spacial score (nSPS) is 13.1. The maximum absolute atomic E-state index is 3.17. The van der Waals surface area contributed by atoms with E-state index in [4.69, 9.17) is 0 Å². The number of hydrogen-bond acceptors (Lipinski definition) is 0. The van der Waals surface area contributed by atoms with Crippen LogP contribution in [0.15, 0.2) is 24.3 Å². The first-order valence-electron chi connectivity index (χ1n) is 11.0. The summed E-state index contributed by atoms with van der Waals surface area (Å²) in [4.78, 5) is 0. The van der Waals surface area contributed by atoms with Crippen LogP contribution >= 0.6 is 0 Å². The smallest absolute Gasteiger partial charge is 0.0230 e. The lowest BCUT2D eigenvalue weighted by Crippen LogP contribution is -2.04. The summed E-state index contributed by atoms with van der Waals surface area (Å²) in [5, 5.41) is 0. The van der Waals surface area contributed by atoms with Crippen LogP contribution in [-0.4, -0.2) is 0 Å². The molecule has 0 aliphatic heterocycles. The van der Waals surface area contributed by atoms with Gasteiger partial charge >= 0.3 is 0 Å². The first-order chi connectivity index (χ1) is 12.0. The Morgan fingerprint density at radius 2 is 0.857 bits per heavy atom. The number of hydrogen-bond donors (Lipinski definition) is 0. The second kappa shape index (κ2) is 13.3. The molecule has 0 heteroatoms. The zero-order valence-corrected chi connectivity index (χ0v) is 22.5. The van der Waals surface area contributed by atoms with Gasteiger partial charge in [0, 0.05) is 11.3 Å². The average Bonchev–Trinajstić information content (AvgIpc) is 2.39. The lowest BCUT2D eigenvalue weighted by Gasteiger charge is -2.17. The molecule has 0 bridgehead atoms. The van der Waals surface area contributed by atoms with E-state index in [1.165, 1.54) is 0 Å². The van der Waals surface area contributed by atoms with Gasteiger partial charge in [-0.15, -0.1) is 0 Å². The van der Waals surface area contributed by atoms with E-state index in [1.807, 2.05) is 0 Å². The Balaban J connectivity index is -0.000000336. The Morgan fingerprint density at radius 1 is 0.536 bits per heavy atom. The van der Waals surface area contributed by atoms with E-state index < -0.39 is 0 Å². The minimum Gasteiger partial charge on any atom is -0.0999 e. The Kier molecular flexibility index (Phi) is 15.1. The van der Waals surface area contributed by atoms with E-state index >= 15 is 0 Å². The van der Waals surface area contributed by atoms with Crippen molar-refractivity contribution >= 4 is 0 Å². The van der Waals surface area contributed by atoms with Crippen molar-refractivity contribution in [1.29, 1.82) is 0 Å². The van der Waals surface area contributed by atoms with Crippen molar-refractivity contribution in [3.63, 3.8) is 0 Å². The molecule has 0 aromatic heterocycles. The van der Waals surface area contributed by atoms with Crippen LogP contribution < -0.4 is 0 Å². The van der Waals surface area contributed by atoms with Crippen molar-refractivity contribution in [3.05, 3.63) is 24.3 Å². The fourth-order valence-electron chi connectivity index (χ4n) is 1.34. The second-order valence-electron chi connectivity index (χ2n) is 12.7. The van der Waals surface area contributed by atoms with Gasteiger partial charge in [0.25, 0.3) is 0 Å². The van der Waals surface area contributed by atoms with Crippen molar-refractivity contribution in [2.75, 3.05) is 0 Å². The standard InChI is InChI=1S/C10H20.C9H18.C9H16/c1-9(2,3)7-8-10(4,5)6;2*1-8(2)6-7-9(3,4)5/h7-8H,1-6H3;6-8H,1-5H3;8H,1-5H3/b8-7-;7-6+;. The van der Waals surface area contributed by atoms with Crippen molar-refractivity contribution in [2.24, 2.45) is 33.5 Å². The van der Waals surface area contributed by atoms with Crippen LogP contribution in [0.1, 0.15) is 111 Å². The minimum atomic E-state index is 0.171. The molecule has 28 heavy (non-hydrogen) atoms. The Morgan fingerprint density at radius 3 is 0.964 bits per heavy atom. The van der Waals surface area contributed by atoms with E-state index in [1.54, 1.807) is 0 Å². The first kappa shape index (κ1) is 31.7. The zero-order chi connectivity index (χ0) is 23.4. The van der Waals surface area contributed by atoms with E-state index in [0.29, 0.717) is 28.1 Å². The van der Waals surface area contributed by atoms with Crippen LogP contribution in [0.4, 0.5) is 0 Å². The summed E-state index contributed by atoms with van der Waals surface area (Å²) in [5.74, 6) is 7.50. The Hall–Kier alpha value is -0.960. The lowest BCUT2D eigenvalue weighted by molar-refractivity contribution is 0.502. The van der Waals surface area contributed by atoms with Crippen LogP contribution in [-0.2, 0) is 0 Å². The average molecular weight is 391 g/mol. The summed E-state index contributed by atoms with van der Waals surface area (Å²) >= 11 is 0. The topological polar surface area (TPSA) is 0 Å². The van der Waals surface area contributed by atoms with Crippen LogP contribution in [0, 0.1) is 45.3 Å². The summed E-state index contributed by atoms with van der Waals surface area (Å²) in [7, 11) is 0. The Labute approximate surface area is 180 Å².